The molecule has 3 aromatic rings. The van der Waals surface area contributed by atoms with Gasteiger partial charge in [0.1, 0.15) is 6.33 Å². The number of amides is 1. The Morgan fingerprint density at radius 1 is 1.10 bits per heavy atom. The van der Waals surface area contributed by atoms with Gasteiger partial charge < -0.3 is 14.2 Å². The Morgan fingerprint density at radius 3 is 2.49 bits per heavy atom. The van der Waals surface area contributed by atoms with Crippen molar-refractivity contribution in [1.82, 2.24) is 19.7 Å². The van der Waals surface area contributed by atoms with Crippen LogP contribution < -0.4 is 4.90 Å². The van der Waals surface area contributed by atoms with E-state index < -0.39 is 29.2 Å². The Kier molecular flexibility index (Phi) is 5.90. The van der Waals surface area contributed by atoms with Gasteiger partial charge in [-0.15, -0.1) is 10.2 Å². The first-order valence-corrected chi connectivity index (χ1v) is 14.0. The maximum atomic E-state index is 15.9. The molecule has 1 amide bonds. The van der Waals surface area contributed by atoms with Gasteiger partial charge in [-0.25, -0.2) is 4.39 Å². The minimum absolute atomic E-state index is 0.0203. The zero-order chi connectivity index (χ0) is 28.7. The van der Waals surface area contributed by atoms with E-state index in [-0.39, 0.29) is 42.8 Å². The molecule has 2 aromatic carbocycles. The number of anilines is 1. The molecule has 2 atom stereocenters. The summed E-state index contributed by atoms with van der Waals surface area (Å²) in [5.74, 6) is -0.328. The van der Waals surface area contributed by atoms with E-state index in [9.17, 15) is 18.0 Å². The lowest BCUT2D eigenvalue weighted by atomic mass is 9.74. The topological polar surface area (TPSA) is 63.5 Å². The Hall–Kier alpha value is -3.31. The Morgan fingerprint density at radius 2 is 1.88 bits per heavy atom. The van der Waals surface area contributed by atoms with Crippen LogP contribution in [0.15, 0.2) is 42.7 Å². The Labute approximate surface area is 235 Å². The Balaban J connectivity index is 1.22. The van der Waals surface area contributed by atoms with Gasteiger partial charge in [-0.2, -0.15) is 13.2 Å². The van der Waals surface area contributed by atoms with Crippen LogP contribution in [0.2, 0.25) is 0 Å². The molecule has 1 aliphatic carbocycles. The third-order valence-electron chi connectivity index (χ3n) is 9.73. The van der Waals surface area contributed by atoms with E-state index >= 15 is 4.39 Å². The van der Waals surface area contributed by atoms with Gasteiger partial charge in [0.2, 0.25) is 0 Å². The highest BCUT2D eigenvalue weighted by molar-refractivity contribution is 6.10. The van der Waals surface area contributed by atoms with Gasteiger partial charge >= 0.3 is 6.18 Å². The van der Waals surface area contributed by atoms with Gasteiger partial charge in [-0.1, -0.05) is 12.1 Å². The number of hydrogen-bond acceptors (Lipinski definition) is 5. The number of fused-ring (bicyclic) bond motifs is 1. The largest absolute Gasteiger partial charge is 0.416 e. The highest BCUT2D eigenvalue weighted by Gasteiger charge is 2.51. The summed E-state index contributed by atoms with van der Waals surface area (Å²) in [4.78, 5) is 17.3. The number of aromatic nitrogens is 3. The molecule has 1 saturated carbocycles. The van der Waals surface area contributed by atoms with Gasteiger partial charge in [0.05, 0.1) is 30.7 Å². The van der Waals surface area contributed by atoms with Crippen LogP contribution in [0.3, 0.4) is 0 Å². The van der Waals surface area contributed by atoms with E-state index in [0.29, 0.717) is 22.2 Å². The molecule has 11 heteroatoms. The monoisotopic (exact) mass is 569 g/mol. The summed E-state index contributed by atoms with van der Waals surface area (Å²) in [5, 5.41) is 7.72. The number of likely N-dealkylation sites (tertiary alicyclic amines) is 1. The summed E-state index contributed by atoms with van der Waals surface area (Å²) < 4.78 is 65.9. The number of benzene rings is 2. The molecule has 0 radical (unpaired) electrons. The molecule has 0 bridgehead atoms. The van der Waals surface area contributed by atoms with Gasteiger partial charge in [-0.05, 0) is 79.1 Å². The van der Waals surface area contributed by atoms with Crippen molar-refractivity contribution >= 4 is 11.6 Å². The van der Waals surface area contributed by atoms with Crippen molar-refractivity contribution in [3.05, 3.63) is 76.4 Å². The molecule has 3 aliphatic heterocycles. The summed E-state index contributed by atoms with van der Waals surface area (Å²) in [5.41, 5.74) is 0.105. The van der Waals surface area contributed by atoms with E-state index in [4.69, 9.17) is 4.74 Å². The van der Waals surface area contributed by atoms with Gasteiger partial charge in [-0.3, -0.25) is 9.69 Å². The first kappa shape index (κ1) is 26.6. The Bertz CT molecular complexity index is 1530. The number of carbonyl (C=O) groups excluding carboxylic acids is 1. The number of ether oxygens (including phenoxy) is 1. The molecule has 2 saturated heterocycles. The molecule has 7 nitrogen and oxygen atoms in total. The SMILES string of the molecule is C[C@H](c1cc2c(c(C(F)(F)F)c1)CN(c1cccc(C3([C@@H](F)c4nncn4C)COC3)c1)C2=O)N1CCC2(CC2)C1. The fourth-order valence-corrected chi connectivity index (χ4v) is 6.76. The van der Waals surface area contributed by atoms with Crippen molar-refractivity contribution in [1.29, 1.82) is 0 Å². The summed E-state index contributed by atoms with van der Waals surface area (Å²) in [6.07, 6.45) is -1.28. The summed E-state index contributed by atoms with van der Waals surface area (Å²) in [6, 6.07) is 9.45. The van der Waals surface area contributed by atoms with Crippen molar-refractivity contribution in [3.8, 4) is 0 Å². The average Bonchev–Trinajstić information content (AvgIpc) is 3.19. The molecule has 216 valence electrons. The third kappa shape index (κ3) is 4.19. The highest BCUT2D eigenvalue weighted by atomic mass is 19.4. The van der Waals surface area contributed by atoms with Crippen LogP contribution in [-0.2, 0) is 29.9 Å². The molecule has 1 aromatic heterocycles. The lowest BCUT2D eigenvalue weighted by Gasteiger charge is -2.43. The number of hydrogen-bond donors (Lipinski definition) is 0. The maximum Gasteiger partial charge on any atom is 0.416 e. The number of nitrogens with zero attached hydrogens (tertiary/aromatic N) is 5. The second-order valence-electron chi connectivity index (χ2n) is 12.2. The second kappa shape index (κ2) is 9.09. The molecule has 3 fully saturated rings. The zero-order valence-corrected chi connectivity index (χ0v) is 22.9. The lowest BCUT2D eigenvalue weighted by Crippen LogP contribution is -2.50. The summed E-state index contributed by atoms with van der Waals surface area (Å²) >= 11 is 0. The smallest absolute Gasteiger partial charge is 0.379 e. The van der Waals surface area contributed by atoms with Crippen LogP contribution in [0.4, 0.5) is 23.2 Å². The van der Waals surface area contributed by atoms with E-state index in [1.165, 1.54) is 34.7 Å². The van der Waals surface area contributed by atoms with Gasteiger partial charge in [0.25, 0.3) is 5.91 Å². The lowest BCUT2D eigenvalue weighted by molar-refractivity contribution is -0.138. The molecule has 4 aliphatic rings. The van der Waals surface area contributed by atoms with E-state index in [1.54, 1.807) is 37.4 Å². The number of carbonyl (C=O) groups is 1. The second-order valence-corrected chi connectivity index (χ2v) is 12.2. The van der Waals surface area contributed by atoms with Gasteiger partial charge in [0.15, 0.2) is 12.0 Å². The standard InChI is InChI=1S/C30H31F4N5O2/c1-18(38-9-8-28(14-38)6-7-28)19-10-22-23(24(11-19)30(32,33)34)13-39(27(22)40)21-5-3-4-20(12-21)29(15-41-16-29)25(31)26-36-35-17-37(26)2/h3-5,10-12,17-18,25H,6-9,13-16H2,1-2H3/t18-,25+/m1/s1. The fourth-order valence-electron chi connectivity index (χ4n) is 6.76. The number of aryl methyl sites for hydroxylation is 1. The molecule has 41 heavy (non-hydrogen) atoms. The zero-order valence-electron chi connectivity index (χ0n) is 22.9. The number of rotatable bonds is 6. The van der Waals surface area contributed by atoms with Crippen LogP contribution >= 0.6 is 0 Å². The molecule has 7 rings (SSSR count). The quantitative estimate of drug-likeness (QED) is 0.366. The predicted molar refractivity (Wildman–Crippen MR) is 142 cm³/mol. The first-order valence-electron chi connectivity index (χ1n) is 14.0. The van der Waals surface area contributed by atoms with Crippen molar-refractivity contribution < 1.29 is 27.1 Å². The fraction of sp³-hybridized carbons (Fsp3) is 0.500. The first-order chi connectivity index (χ1) is 19.5. The minimum atomic E-state index is -4.61. The summed E-state index contributed by atoms with van der Waals surface area (Å²) in [6.45, 7) is 3.66. The van der Waals surface area contributed by atoms with Crippen molar-refractivity contribution in [2.24, 2.45) is 12.5 Å². The minimum Gasteiger partial charge on any atom is -0.379 e. The van der Waals surface area contributed by atoms with Gasteiger partial charge in [0, 0.05) is 30.9 Å². The number of halogens is 4. The van der Waals surface area contributed by atoms with Crippen LogP contribution in [0.25, 0.3) is 0 Å². The number of alkyl halides is 4. The molecule has 1 spiro atoms. The normalized spacial score (nSPS) is 22.6. The van der Waals surface area contributed by atoms with Crippen LogP contribution in [0.1, 0.15) is 76.8 Å². The highest BCUT2D eigenvalue weighted by Crippen LogP contribution is 2.54. The molecule has 4 heterocycles. The van der Waals surface area contributed by atoms with E-state index in [0.717, 1.165) is 19.5 Å². The average molecular weight is 570 g/mol. The molecular formula is C30H31F4N5O2. The molecule has 0 N–H and O–H groups in total. The van der Waals surface area contributed by atoms with Crippen molar-refractivity contribution in [2.75, 3.05) is 31.2 Å². The molecule has 0 unspecified atom stereocenters. The van der Waals surface area contributed by atoms with Crippen LogP contribution in [0, 0.1) is 5.41 Å². The van der Waals surface area contributed by atoms with Crippen LogP contribution in [-0.4, -0.2) is 51.9 Å². The van der Waals surface area contributed by atoms with E-state index in [2.05, 4.69) is 15.1 Å². The van der Waals surface area contributed by atoms with Crippen molar-refractivity contribution in [3.63, 3.8) is 0 Å². The van der Waals surface area contributed by atoms with Crippen LogP contribution in [0.5, 0.6) is 0 Å². The summed E-state index contributed by atoms with van der Waals surface area (Å²) in [7, 11) is 1.66. The molecular weight excluding hydrogens is 538 g/mol. The van der Waals surface area contributed by atoms with E-state index in [1.807, 2.05) is 6.92 Å². The van der Waals surface area contributed by atoms with Crippen molar-refractivity contribution in [2.45, 2.75) is 56.5 Å². The third-order valence-corrected chi connectivity index (χ3v) is 9.73. The maximum absolute atomic E-state index is 15.9. The predicted octanol–water partition coefficient (Wildman–Crippen LogP) is 5.52.